The van der Waals surface area contributed by atoms with E-state index in [0.717, 1.165) is 6.07 Å². The van der Waals surface area contributed by atoms with E-state index in [1.54, 1.807) is 0 Å². The third-order valence-electron chi connectivity index (χ3n) is 6.61. The highest BCUT2D eigenvalue weighted by Crippen LogP contribution is 2.41. The van der Waals surface area contributed by atoms with Gasteiger partial charge in [-0.25, -0.2) is 18.6 Å². The van der Waals surface area contributed by atoms with E-state index in [1.807, 2.05) is 23.6 Å². The molecule has 1 saturated heterocycles. The SMILES string of the molecule is CC1Cc2c(F)cc(F)cc2N1C(C)c1cc(C(=O)O)cn2c(=O)cc(N3CCOCC3)nc12. The summed E-state index contributed by atoms with van der Waals surface area (Å²) in [6.07, 6.45) is 1.64. The van der Waals surface area contributed by atoms with E-state index < -0.39 is 29.2 Å². The van der Waals surface area contributed by atoms with Crippen molar-refractivity contribution in [2.75, 3.05) is 36.1 Å². The van der Waals surface area contributed by atoms with Crippen LogP contribution in [0.15, 0.2) is 35.3 Å². The number of carboxylic acids is 1. The number of carboxylic acid groups (broad SMARTS) is 1. The first-order valence-corrected chi connectivity index (χ1v) is 11.1. The quantitative estimate of drug-likeness (QED) is 0.627. The van der Waals surface area contributed by atoms with Crippen molar-refractivity contribution in [2.45, 2.75) is 32.4 Å². The normalized spacial score (nSPS) is 18.9. The number of pyridine rings is 1. The van der Waals surface area contributed by atoms with Crippen LogP contribution >= 0.6 is 0 Å². The average molecular weight is 470 g/mol. The average Bonchev–Trinajstić information content (AvgIpc) is 3.14. The van der Waals surface area contributed by atoms with E-state index in [1.165, 1.54) is 28.8 Å². The van der Waals surface area contributed by atoms with E-state index in [9.17, 15) is 23.5 Å². The summed E-state index contributed by atoms with van der Waals surface area (Å²) in [4.78, 5) is 33.4. The predicted molar refractivity (Wildman–Crippen MR) is 122 cm³/mol. The summed E-state index contributed by atoms with van der Waals surface area (Å²) in [5, 5.41) is 9.68. The molecule has 0 aliphatic carbocycles. The van der Waals surface area contributed by atoms with Crippen LogP contribution in [0.25, 0.3) is 5.65 Å². The van der Waals surface area contributed by atoms with Gasteiger partial charge < -0.3 is 19.6 Å². The predicted octanol–water partition coefficient (Wildman–Crippen LogP) is 3.02. The van der Waals surface area contributed by atoms with Crippen molar-refractivity contribution in [3.8, 4) is 0 Å². The lowest BCUT2D eigenvalue weighted by Crippen LogP contribution is -2.38. The Morgan fingerprint density at radius 3 is 2.65 bits per heavy atom. The Morgan fingerprint density at radius 2 is 1.94 bits per heavy atom. The second kappa shape index (κ2) is 8.35. The molecule has 2 aromatic heterocycles. The molecule has 4 heterocycles. The molecule has 3 aromatic rings. The van der Waals surface area contributed by atoms with Crippen LogP contribution in [0.2, 0.25) is 0 Å². The number of morpholine rings is 1. The van der Waals surface area contributed by atoms with Crippen molar-refractivity contribution in [3.05, 3.63) is 69.1 Å². The van der Waals surface area contributed by atoms with Crippen LogP contribution in [-0.2, 0) is 11.2 Å². The lowest BCUT2D eigenvalue weighted by atomic mass is 10.0. The van der Waals surface area contributed by atoms with Crippen LogP contribution in [0.4, 0.5) is 20.3 Å². The number of benzene rings is 1. The zero-order valence-corrected chi connectivity index (χ0v) is 18.8. The lowest BCUT2D eigenvalue weighted by Gasteiger charge is -2.33. The Labute approximate surface area is 194 Å². The zero-order chi connectivity index (χ0) is 24.1. The highest BCUT2D eigenvalue weighted by molar-refractivity contribution is 5.88. The molecule has 2 unspecified atom stereocenters. The van der Waals surface area contributed by atoms with E-state index in [0.29, 0.717) is 61.0 Å². The first kappa shape index (κ1) is 22.3. The van der Waals surface area contributed by atoms with Crippen LogP contribution in [0.3, 0.4) is 0 Å². The molecule has 0 spiro atoms. The van der Waals surface area contributed by atoms with Gasteiger partial charge in [-0.15, -0.1) is 0 Å². The largest absolute Gasteiger partial charge is 0.478 e. The first-order chi connectivity index (χ1) is 16.2. The van der Waals surface area contributed by atoms with Gasteiger partial charge in [0.15, 0.2) is 0 Å². The molecule has 1 N–H and O–H groups in total. The Balaban J connectivity index is 1.70. The van der Waals surface area contributed by atoms with Crippen LogP contribution in [-0.4, -0.2) is 52.8 Å². The van der Waals surface area contributed by atoms with Gasteiger partial charge in [0.2, 0.25) is 0 Å². The molecule has 34 heavy (non-hydrogen) atoms. The van der Waals surface area contributed by atoms with Gasteiger partial charge in [0.05, 0.1) is 24.8 Å². The molecule has 2 aliphatic rings. The van der Waals surface area contributed by atoms with Crippen LogP contribution in [0.5, 0.6) is 0 Å². The molecule has 1 aromatic carbocycles. The minimum Gasteiger partial charge on any atom is -0.478 e. The molecule has 8 nitrogen and oxygen atoms in total. The molecule has 2 atom stereocenters. The van der Waals surface area contributed by atoms with Crippen molar-refractivity contribution in [2.24, 2.45) is 0 Å². The number of fused-ring (bicyclic) bond motifs is 2. The number of hydrogen-bond donors (Lipinski definition) is 1. The summed E-state index contributed by atoms with van der Waals surface area (Å²) in [6.45, 7) is 5.91. The Bertz CT molecular complexity index is 1350. The molecule has 10 heteroatoms. The summed E-state index contributed by atoms with van der Waals surface area (Å²) < 4.78 is 35.2. The number of carbonyl (C=O) groups is 1. The molecule has 0 amide bonds. The lowest BCUT2D eigenvalue weighted by molar-refractivity contribution is 0.0696. The smallest absolute Gasteiger partial charge is 0.337 e. The van der Waals surface area contributed by atoms with Crippen LogP contribution in [0.1, 0.15) is 41.4 Å². The fourth-order valence-corrected chi connectivity index (χ4v) is 4.99. The van der Waals surface area contributed by atoms with E-state index in [2.05, 4.69) is 0 Å². The van der Waals surface area contributed by atoms with Gasteiger partial charge in [0.25, 0.3) is 5.56 Å². The number of halogens is 2. The second-order valence-corrected chi connectivity index (χ2v) is 8.76. The van der Waals surface area contributed by atoms with Gasteiger partial charge in [0.1, 0.15) is 23.1 Å². The van der Waals surface area contributed by atoms with Gasteiger partial charge in [-0.2, -0.15) is 0 Å². The molecular formula is C24H24F2N4O4. The monoisotopic (exact) mass is 470 g/mol. The Hall–Kier alpha value is -3.53. The van der Waals surface area contributed by atoms with Gasteiger partial charge >= 0.3 is 5.97 Å². The number of ether oxygens (including phenoxy) is 1. The number of rotatable bonds is 4. The van der Waals surface area contributed by atoms with Crippen LogP contribution in [0, 0.1) is 11.6 Å². The number of anilines is 2. The number of nitrogens with zero attached hydrogens (tertiary/aromatic N) is 4. The van der Waals surface area contributed by atoms with Crippen molar-refractivity contribution in [1.29, 1.82) is 0 Å². The summed E-state index contributed by atoms with van der Waals surface area (Å²) in [7, 11) is 0. The Kier molecular flexibility index (Phi) is 5.47. The molecule has 0 bridgehead atoms. The molecular weight excluding hydrogens is 446 g/mol. The van der Waals surface area contributed by atoms with E-state index >= 15 is 0 Å². The van der Waals surface area contributed by atoms with Crippen molar-refractivity contribution < 1.29 is 23.4 Å². The van der Waals surface area contributed by atoms with Crippen molar-refractivity contribution >= 4 is 23.1 Å². The highest BCUT2D eigenvalue weighted by Gasteiger charge is 2.34. The fourth-order valence-electron chi connectivity index (χ4n) is 4.99. The fraction of sp³-hybridized carbons (Fsp3) is 0.375. The second-order valence-electron chi connectivity index (χ2n) is 8.76. The molecule has 2 aliphatic heterocycles. The maximum atomic E-state index is 14.5. The molecule has 178 valence electrons. The van der Waals surface area contributed by atoms with E-state index in [4.69, 9.17) is 9.72 Å². The first-order valence-electron chi connectivity index (χ1n) is 11.1. The molecule has 1 fully saturated rings. The standard InChI is InChI=1S/C24H24F2N4O4/c1-13-7-18-19(26)9-16(25)10-20(18)30(13)14(2)17-8-15(24(32)33)12-29-22(31)11-21(27-23(17)29)28-3-5-34-6-4-28/h8-14H,3-7H2,1-2H3,(H,32,33). The van der Waals surface area contributed by atoms with Crippen molar-refractivity contribution in [3.63, 3.8) is 0 Å². The molecule has 0 radical (unpaired) electrons. The summed E-state index contributed by atoms with van der Waals surface area (Å²) in [5.74, 6) is -2.00. The molecule has 5 rings (SSSR count). The molecule has 0 saturated carbocycles. The minimum absolute atomic E-state index is 0.0742. The third kappa shape index (κ3) is 3.67. The van der Waals surface area contributed by atoms with Gasteiger partial charge in [-0.3, -0.25) is 9.20 Å². The zero-order valence-electron chi connectivity index (χ0n) is 18.8. The van der Waals surface area contributed by atoms with Crippen LogP contribution < -0.4 is 15.4 Å². The van der Waals surface area contributed by atoms with E-state index in [-0.39, 0.29) is 11.6 Å². The summed E-state index contributed by atoms with van der Waals surface area (Å²) >= 11 is 0. The number of aromatic nitrogens is 2. The number of hydrogen-bond acceptors (Lipinski definition) is 6. The van der Waals surface area contributed by atoms with Gasteiger partial charge in [-0.1, -0.05) is 0 Å². The minimum atomic E-state index is -1.19. The maximum Gasteiger partial charge on any atom is 0.337 e. The maximum absolute atomic E-state index is 14.5. The van der Waals surface area contributed by atoms with Crippen molar-refractivity contribution in [1.82, 2.24) is 9.38 Å². The number of aromatic carboxylic acids is 1. The summed E-state index contributed by atoms with van der Waals surface area (Å²) in [5.41, 5.74) is 1.15. The van der Waals surface area contributed by atoms with Gasteiger partial charge in [-0.05, 0) is 32.4 Å². The third-order valence-corrected chi connectivity index (χ3v) is 6.61. The highest BCUT2D eigenvalue weighted by atomic mass is 19.1. The summed E-state index contributed by atoms with van der Waals surface area (Å²) in [6, 6.07) is 4.34. The Morgan fingerprint density at radius 1 is 1.21 bits per heavy atom. The topological polar surface area (TPSA) is 87.4 Å². The van der Waals surface area contributed by atoms with Gasteiger partial charge in [0, 0.05) is 54.3 Å².